The molecule has 3 aliphatic rings. The fourth-order valence-corrected chi connectivity index (χ4v) is 5.55. The summed E-state index contributed by atoms with van der Waals surface area (Å²) in [6.45, 7) is 2.82. The lowest BCUT2D eigenvalue weighted by Crippen LogP contribution is -2.86. The first-order chi connectivity index (χ1) is 15.6. The molecule has 2 amide bonds. The summed E-state index contributed by atoms with van der Waals surface area (Å²) >= 11 is 0. The van der Waals surface area contributed by atoms with Crippen molar-refractivity contribution in [2.45, 2.75) is 43.7 Å². The van der Waals surface area contributed by atoms with Gasteiger partial charge >= 0.3 is 0 Å². The van der Waals surface area contributed by atoms with Gasteiger partial charge in [0, 0.05) is 37.3 Å². The summed E-state index contributed by atoms with van der Waals surface area (Å²) in [5.41, 5.74) is 1.92. The molecule has 0 radical (unpaired) electrons. The first-order valence-corrected chi connectivity index (χ1v) is 11.3. The standard InChI is InChI=1S/C25H28N4O3/c1-2-4-17-7-9-18(10-8-17)22-21(14-30)29(24(32)20-13-26-11-12-27-20)25(22)15-28(16-25)23(31)19-5-3-6-19/h2,4,7-13,19,21-22,30H,3,5-6,14-16H2,1H3/b4-2+/t21-,22+/m0/s1. The van der Waals surface area contributed by atoms with Crippen LogP contribution in [0.25, 0.3) is 6.08 Å². The monoisotopic (exact) mass is 432 g/mol. The van der Waals surface area contributed by atoms with E-state index in [1.165, 1.54) is 18.6 Å². The Morgan fingerprint density at radius 1 is 1.19 bits per heavy atom. The number of rotatable bonds is 5. The number of aliphatic hydroxyl groups excluding tert-OH is 1. The first-order valence-electron chi connectivity index (χ1n) is 11.3. The van der Waals surface area contributed by atoms with Crippen LogP contribution in [0.15, 0.2) is 48.9 Å². The zero-order valence-corrected chi connectivity index (χ0v) is 18.2. The molecule has 0 unspecified atom stereocenters. The normalized spacial score (nSPS) is 24.2. The summed E-state index contributed by atoms with van der Waals surface area (Å²) in [4.78, 5) is 38.1. The minimum Gasteiger partial charge on any atom is -0.394 e. The first kappa shape index (κ1) is 20.8. The molecule has 1 aromatic carbocycles. The molecule has 3 heterocycles. The van der Waals surface area contributed by atoms with E-state index in [9.17, 15) is 14.7 Å². The maximum absolute atomic E-state index is 13.4. The number of aromatic nitrogens is 2. The van der Waals surface area contributed by atoms with Crippen molar-refractivity contribution in [2.75, 3.05) is 19.7 Å². The lowest BCUT2D eigenvalue weighted by molar-refractivity contribution is -0.183. The number of amides is 2. The van der Waals surface area contributed by atoms with Gasteiger partial charge in [-0.15, -0.1) is 0 Å². The molecule has 166 valence electrons. The molecule has 1 spiro atoms. The largest absolute Gasteiger partial charge is 0.394 e. The summed E-state index contributed by atoms with van der Waals surface area (Å²) in [6.07, 6.45) is 11.5. The topological polar surface area (TPSA) is 86.6 Å². The van der Waals surface area contributed by atoms with Gasteiger partial charge in [0.1, 0.15) is 5.69 Å². The van der Waals surface area contributed by atoms with E-state index in [0.29, 0.717) is 13.1 Å². The Morgan fingerprint density at radius 3 is 2.50 bits per heavy atom. The van der Waals surface area contributed by atoms with Crippen molar-refractivity contribution < 1.29 is 14.7 Å². The highest BCUT2D eigenvalue weighted by atomic mass is 16.3. The van der Waals surface area contributed by atoms with E-state index in [2.05, 4.69) is 34.2 Å². The molecule has 3 fully saturated rings. The molecule has 1 aliphatic carbocycles. The Labute approximate surface area is 187 Å². The van der Waals surface area contributed by atoms with Crippen LogP contribution in [0.5, 0.6) is 0 Å². The van der Waals surface area contributed by atoms with Gasteiger partial charge in [-0.2, -0.15) is 0 Å². The lowest BCUT2D eigenvalue weighted by atomic mass is 9.60. The second kappa shape index (κ2) is 8.13. The zero-order chi connectivity index (χ0) is 22.3. The van der Waals surface area contributed by atoms with Crippen LogP contribution >= 0.6 is 0 Å². The second-order valence-corrected chi connectivity index (χ2v) is 9.09. The molecule has 2 aromatic rings. The van der Waals surface area contributed by atoms with Gasteiger partial charge in [0.2, 0.25) is 5.91 Å². The van der Waals surface area contributed by atoms with E-state index < -0.39 is 5.54 Å². The molecule has 2 atom stereocenters. The number of hydrogen-bond donors (Lipinski definition) is 1. The highest BCUT2D eigenvalue weighted by molar-refractivity contribution is 5.94. The highest BCUT2D eigenvalue weighted by Crippen LogP contribution is 2.54. The number of carbonyl (C=O) groups is 2. The van der Waals surface area contributed by atoms with Crippen LogP contribution in [0.1, 0.15) is 53.7 Å². The van der Waals surface area contributed by atoms with Crippen LogP contribution in [-0.4, -0.2) is 68.0 Å². The van der Waals surface area contributed by atoms with Gasteiger partial charge in [-0.3, -0.25) is 14.6 Å². The molecular formula is C25H28N4O3. The average molecular weight is 433 g/mol. The molecule has 2 saturated heterocycles. The van der Waals surface area contributed by atoms with Gasteiger partial charge in [0.05, 0.1) is 24.4 Å². The molecular weight excluding hydrogens is 404 g/mol. The van der Waals surface area contributed by atoms with E-state index in [4.69, 9.17) is 0 Å². The van der Waals surface area contributed by atoms with Crippen LogP contribution in [0, 0.1) is 5.92 Å². The van der Waals surface area contributed by atoms with Gasteiger partial charge in [-0.25, -0.2) is 4.98 Å². The van der Waals surface area contributed by atoms with E-state index in [0.717, 1.165) is 30.4 Å². The molecule has 2 aliphatic heterocycles. The van der Waals surface area contributed by atoms with E-state index in [1.807, 2.05) is 24.0 Å². The smallest absolute Gasteiger partial charge is 0.275 e. The van der Waals surface area contributed by atoms with Crippen molar-refractivity contribution in [3.05, 3.63) is 65.8 Å². The quantitative estimate of drug-likeness (QED) is 0.785. The molecule has 1 saturated carbocycles. The molecule has 0 bridgehead atoms. The van der Waals surface area contributed by atoms with E-state index in [-0.39, 0.29) is 42.0 Å². The van der Waals surface area contributed by atoms with Crippen LogP contribution in [0.2, 0.25) is 0 Å². The Balaban J connectivity index is 1.46. The predicted molar refractivity (Wildman–Crippen MR) is 120 cm³/mol. The van der Waals surface area contributed by atoms with Crippen LogP contribution in [0.4, 0.5) is 0 Å². The summed E-state index contributed by atoms with van der Waals surface area (Å²) in [6, 6.07) is 7.90. The van der Waals surface area contributed by atoms with Crippen LogP contribution in [0.3, 0.4) is 0 Å². The van der Waals surface area contributed by atoms with E-state index >= 15 is 0 Å². The SMILES string of the molecule is C/C=C/c1ccc([C@@H]2[C@H](CO)N(C(=O)c3cnccn3)C23CN(C(=O)C2CCC2)C3)cc1. The number of benzene rings is 1. The number of aliphatic hydroxyl groups is 1. The average Bonchev–Trinajstić information content (AvgIpc) is 2.73. The molecule has 1 N–H and O–H groups in total. The molecule has 7 nitrogen and oxygen atoms in total. The predicted octanol–water partition coefficient (Wildman–Crippen LogP) is 2.49. The maximum atomic E-state index is 13.4. The number of carbonyl (C=O) groups excluding carboxylic acids is 2. The Bertz CT molecular complexity index is 1030. The fourth-order valence-electron chi connectivity index (χ4n) is 5.55. The minimum absolute atomic E-state index is 0.0433. The number of nitrogens with zero attached hydrogens (tertiary/aromatic N) is 4. The second-order valence-electron chi connectivity index (χ2n) is 9.09. The van der Waals surface area contributed by atoms with Crippen molar-refractivity contribution in [1.29, 1.82) is 0 Å². The van der Waals surface area contributed by atoms with Crippen molar-refractivity contribution in [2.24, 2.45) is 5.92 Å². The lowest BCUT2D eigenvalue weighted by Gasteiger charge is -2.70. The van der Waals surface area contributed by atoms with Gasteiger partial charge in [0.15, 0.2) is 0 Å². The van der Waals surface area contributed by atoms with Gasteiger partial charge < -0.3 is 14.9 Å². The third-order valence-corrected chi connectivity index (χ3v) is 7.31. The van der Waals surface area contributed by atoms with Crippen molar-refractivity contribution >= 4 is 17.9 Å². The molecule has 1 aromatic heterocycles. The molecule has 7 heteroatoms. The number of likely N-dealkylation sites (tertiary alicyclic amines) is 2. The number of hydrogen-bond acceptors (Lipinski definition) is 5. The Hall–Kier alpha value is -3.06. The summed E-state index contributed by atoms with van der Waals surface area (Å²) < 4.78 is 0. The van der Waals surface area contributed by atoms with Gasteiger partial charge in [-0.05, 0) is 30.9 Å². The van der Waals surface area contributed by atoms with Gasteiger partial charge in [-0.1, -0.05) is 42.8 Å². The third kappa shape index (κ3) is 3.14. The minimum atomic E-state index is -0.524. The summed E-state index contributed by atoms with van der Waals surface area (Å²) in [5, 5.41) is 10.3. The van der Waals surface area contributed by atoms with Gasteiger partial charge in [0.25, 0.3) is 5.91 Å². The molecule has 32 heavy (non-hydrogen) atoms. The zero-order valence-electron chi connectivity index (χ0n) is 18.2. The van der Waals surface area contributed by atoms with Crippen molar-refractivity contribution in [1.82, 2.24) is 19.8 Å². The fraction of sp³-hybridized carbons (Fsp3) is 0.440. The third-order valence-electron chi connectivity index (χ3n) is 7.31. The summed E-state index contributed by atoms with van der Waals surface area (Å²) in [5.74, 6) is 0.0417. The van der Waals surface area contributed by atoms with Crippen molar-refractivity contribution in [3.8, 4) is 0 Å². The summed E-state index contributed by atoms with van der Waals surface area (Å²) in [7, 11) is 0. The Morgan fingerprint density at radius 2 is 1.94 bits per heavy atom. The van der Waals surface area contributed by atoms with Crippen LogP contribution in [-0.2, 0) is 4.79 Å². The van der Waals surface area contributed by atoms with Crippen molar-refractivity contribution in [3.63, 3.8) is 0 Å². The molecule has 5 rings (SSSR count). The maximum Gasteiger partial charge on any atom is 0.275 e. The Kier molecular flexibility index (Phi) is 5.29. The van der Waals surface area contributed by atoms with Crippen LogP contribution < -0.4 is 0 Å². The number of allylic oxidation sites excluding steroid dienone is 1. The highest BCUT2D eigenvalue weighted by Gasteiger charge is 2.68. The van der Waals surface area contributed by atoms with E-state index in [1.54, 1.807) is 4.90 Å².